The number of aromatic nitrogens is 1. The number of aryl methyl sites for hydroxylation is 1. The SMILES string of the molecule is Cc1ccc(C(=O)NC(CC(C)C)C(=O)N2CCC3C2C(=O)CN3S(=O)(=O)c2ccccn2)cc1. The average Bonchev–Trinajstić information content (AvgIpc) is 3.40. The van der Waals surface area contributed by atoms with E-state index in [9.17, 15) is 22.8 Å². The molecular weight excluding hydrogens is 468 g/mol. The van der Waals surface area contributed by atoms with Crippen molar-refractivity contribution < 1.29 is 22.8 Å². The Labute approximate surface area is 205 Å². The lowest BCUT2D eigenvalue weighted by atomic mass is 10.0. The van der Waals surface area contributed by atoms with Gasteiger partial charge in [-0.05, 0) is 49.9 Å². The van der Waals surface area contributed by atoms with Gasteiger partial charge in [-0.15, -0.1) is 0 Å². The molecule has 2 saturated heterocycles. The molecule has 0 bridgehead atoms. The molecule has 186 valence electrons. The van der Waals surface area contributed by atoms with Crippen molar-refractivity contribution >= 4 is 27.6 Å². The fraction of sp³-hybridized carbons (Fsp3) is 0.440. The topological polar surface area (TPSA) is 117 Å². The summed E-state index contributed by atoms with van der Waals surface area (Å²) in [6.07, 6.45) is 2.13. The summed E-state index contributed by atoms with van der Waals surface area (Å²) in [4.78, 5) is 44.8. The average molecular weight is 499 g/mol. The second kappa shape index (κ2) is 9.87. The lowest BCUT2D eigenvalue weighted by Gasteiger charge is -2.29. The van der Waals surface area contributed by atoms with Crippen LogP contribution in [-0.4, -0.2) is 71.4 Å². The maximum Gasteiger partial charge on any atom is 0.261 e. The highest BCUT2D eigenvalue weighted by Gasteiger charge is 2.54. The summed E-state index contributed by atoms with van der Waals surface area (Å²) in [5, 5.41) is 2.72. The summed E-state index contributed by atoms with van der Waals surface area (Å²) in [6.45, 7) is 5.76. The van der Waals surface area contributed by atoms with Gasteiger partial charge in [0.25, 0.3) is 15.9 Å². The number of hydrogen-bond acceptors (Lipinski definition) is 6. The van der Waals surface area contributed by atoms with Crippen LogP contribution in [0.4, 0.5) is 0 Å². The van der Waals surface area contributed by atoms with Crippen LogP contribution in [0, 0.1) is 12.8 Å². The predicted molar refractivity (Wildman–Crippen MR) is 129 cm³/mol. The van der Waals surface area contributed by atoms with E-state index in [0.717, 1.165) is 9.87 Å². The number of fused-ring (bicyclic) bond motifs is 1. The van der Waals surface area contributed by atoms with Crippen molar-refractivity contribution in [2.45, 2.75) is 56.8 Å². The fourth-order valence-electron chi connectivity index (χ4n) is 4.80. The molecule has 3 atom stereocenters. The standard InChI is InChI=1S/C25H30N4O5S/c1-16(2)14-19(27-24(31)18-9-7-17(3)8-10-18)25(32)28-13-11-20-23(28)21(30)15-29(20)35(33,34)22-6-4-5-12-26-22/h4-10,12,16,19-20,23H,11,13-15H2,1-3H3,(H,27,31). The summed E-state index contributed by atoms with van der Waals surface area (Å²) >= 11 is 0. The molecule has 0 spiro atoms. The molecule has 1 aromatic carbocycles. The Morgan fingerprint density at radius 1 is 1.14 bits per heavy atom. The molecule has 2 aliphatic heterocycles. The maximum absolute atomic E-state index is 13.6. The van der Waals surface area contributed by atoms with Gasteiger partial charge in [-0.3, -0.25) is 14.4 Å². The number of benzene rings is 1. The van der Waals surface area contributed by atoms with Crippen LogP contribution in [-0.2, 0) is 19.6 Å². The normalized spacial score (nSPS) is 21.3. The molecule has 0 radical (unpaired) electrons. The fourth-order valence-corrected chi connectivity index (χ4v) is 6.36. The van der Waals surface area contributed by atoms with Crippen LogP contribution in [0.5, 0.6) is 0 Å². The van der Waals surface area contributed by atoms with Gasteiger partial charge in [-0.25, -0.2) is 13.4 Å². The third-order valence-corrected chi connectivity index (χ3v) is 8.28. The van der Waals surface area contributed by atoms with Gasteiger partial charge in [0.1, 0.15) is 12.1 Å². The van der Waals surface area contributed by atoms with Crippen molar-refractivity contribution in [3.63, 3.8) is 0 Å². The molecule has 0 aliphatic carbocycles. The first kappa shape index (κ1) is 25.0. The molecule has 2 fully saturated rings. The van der Waals surface area contributed by atoms with E-state index in [0.29, 0.717) is 18.4 Å². The minimum Gasteiger partial charge on any atom is -0.340 e. The largest absolute Gasteiger partial charge is 0.340 e. The lowest BCUT2D eigenvalue weighted by Crippen LogP contribution is -2.53. The number of nitrogens with one attached hydrogen (secondary N) is 1. The van der Waals surface area contributed by atoms with Gasteiger partial charge in [0.2, 0.25) is 5.91 Å². The zero-order valence-electron chi connectivity index (χ0n) is 20.0. The van der Waals surface area contributed by atoms with Crippen LogP contribution in [0.2, 0.25) is 0 Å². The lowest BCUT2D eigenvalue weighted by molar-refractivity contribution is -0.138. The van der Waals surface area contributed by atoms with E-state index in [2.05, 4.69) is 10.3 Å². The minimum atomic E-state index is -3.98. The third kappa shape index (κ3) is 4.99. The highest BCUT2D eigenvalue weighted by molar-refractivity contribution is 7.89. The number of ketones is 1. The van der Waals surface area contributed by atoms with Gasteiger partial charge in [-0.2, -0.15) is 4.31 Å². The molecule has 35 heavy (non-hydrogen) atoms. The number of pyridine rings is 1. The van der Waals surface area contributed by atoms with Crippen molar-refractivity contribution in [2.75, 3.05) is 13.1 Å². The van der Waals surface area contributed by atoms with Crippen molar-refractivity contribution in [2.24, 2.45) is 5.92 Å². The third-order valence-electron chi connectivity index (χ3n) is 6.50. The number of likely N-dealkylation sites (tertiary alicyclic amines) is 1. The molecule has 2 aliphatic rings. The molecule has 0 saturated carbocycles. The predicted octanol–water partition coefficient (Wildman–Crippen LogP) is 1.78. The Hall–Kier alpha value is -3.11. The zero-order chi connectivity index (χ0) is 25.3. The molecule has 4 rings (SSSR count). The Morgan fingerprint density at radius 3 is 2.49 bits per heavy atom. The Balaban J connectivity index is 1.54. The van der Waals surface area contributed by atoms with Gasteiger partial charge < -0.3 is 10.2 Å². The number of amides is 2. The summed E-state index contributed by atoms with van der Waals surface area (Å²) in [5.41, 5.74) is 1.46. The van der Waals surface area contributed by atoms with Crippen molar-refractivity contribution in [1.82, 2.24) is 19.5 Å². The first-order valence-electron chi connectivity index (χ1n) is 11.7. The molecule has 2 amide bonds. The zero-order valence-corrected chi connectivity index (χ0v) is 20.9. The smallest absolute Gasteiger partial charge is 0.261 e. The van der Waals surface area contributed by atoms with Crippen LogP contribution < -0.4 is 5.32 Å². The summed E-state index contributed by atoms with van der Waals surface area (Å²) < 4.78 is 27.5. The van der Waals surface area contributed by atoms with E-state index >= 15 is 0 Å². The molecule has 1 N–H and O–H groups in total. The summed E-state index contributed by atoms with van der Waals surface area (Å²) in [5.74, 6) is -0.941. The first-order chi connectivity index (χ1) is 16.6. The van der Waals surface area contributed by atoms with Crippen LogP contribution in [0.25, 0.3) is 0 Å². The molecule has 9 nitrogen and oxygen atoms in total. The van der Waals surface area contributed by atoms with Crippen LogP contribution in [0.1, 0.15) is 42.6 Å². The van der Waals surface area contributed by atoms with Crippen LogP contribution >= 0.6 is 0 Å². The summed E-state index contributed by atoms with van der Waals surface area (Å²) in [6, 6.07) is 9.31. The van der Waals surface area contributed by atoms with Crippen molar-refractivity contribution in [3.05, 3.63) is 59.8 Å². The molecule has 3 unspecified atom stereocenters. The Morgan fingerprint density at radius 2 is 1.86 bits per heavy atom. The second-order valence-electron chi connectivity index (χ2n) is 9.54. The van der Waals surface area contributed by atoms with E-state index in [-0.39, 0.29) is 41.6 Å². The van der Waals surface area contributed by atoms with Crippen molar-refractivity contribution in [3.8, 4) is 0 Å². The number of rotatable bonds is 7. The molecule has 2 aromatic rings. The molecule has 10 heteroatoms. The number of Topliss-reactive ketones (excluding diaryl/α,β-unsaturated/α-hetero) is 1. The molecule has 1 aromatic heterocycles. The number of carbonyl (C=O) groups excluding carboxylic acids is 3. The van der Waals surface area contributed by atoms with Crippen LogP contribution in [0.3, 0.4) is 0 Å². The van der Waals surface area contributed by atoms with E-state index < -0.39 is 28.1 Å². The van der Waals surface area contributed by atoms with Crippen LogP contribution in [0.15, 0.2) is 53.7 Å². The number of hydrogen-bond donors (Lipinski definition) is 1. The highest BCUT2D eigenvalue weighted by atomic mass is 32.2. The van der Waals surface area contributed by atoms with E-state index in [4.69, 9.17) is 0 Å². The monoisotopic (exact) mass is 498 g/mol. The quantitative estimate of drug-likeness (QED) is 0.622. The first-order valence-corrected chi connectivity index (χ1v) is 13.2. The highest BCUT2D eigenvalue weighted by Crippen LogP contribution is 2.34. The number of sulfonamides is 1. The number of carbonyl (C=O) groups is 3. The van der Waals surface area contributed by atoms with E-state index in [1.165, 1.54) is 17.2 Å². The van der Waals surface area contributed by atoms with Gasteiger partial charge in [-0.1, -0.05) is 37.6 Å². The van der Waals surface area contributed by atoms with Gasteiger partial charge in [0.15, 0.2) is 10.8 Å². The Kier molecular flexibility index (Phi) is 7.05. The van der Waals surface area contributed by atoms with Crippen molar-refractivity contribution in [1.29, 1.82) is 0 Å². The second-order valence-corrected chi connectivity index (χ2v) is 11.4. The van der Waals surface area contributed by atoms with E-state index in [1.54, 1.807) is 24.3 Å². The van der Waals surface area contributed by atoms with Gasteiger partial charge >= 0.3 is 0 Å². The molecular formula is C25H30N4O5S. The minimum absolute atomic E-state index is 0.112. The number of nitrogens with zero attached hydrogens (tertiary/aromatic N) is 3. The van der Waals surface area contributed by atoms with Gasteiger partial charge in [0.05, 0.1) is 12.6 Å². The van der Waals surface area contributed by atoms with E-state index in [1.807, 2.05) is 32.9 Å². The Bertz CT molecular complexity index is 1210. The molecule has 3 heterocycles. The van der Waals surface area contributed by atoms with Gasteiger partial charge in [0, 0.05) is 18.3 Å². The maximum atomic E-state index is 13.6. The summed E-state index contributed by atoms with van der Waals surface area (Å²) in [7, 11) is -3.98.